The second-order valence-corrected chi connectivity index (χ2v) is 3.75. The van der Waals surface area contributed by atoms with E-state index < -0.39 is 0 Å². The number of nitrogens with two attached hydrogens (primary N) is 1. The van der Waals surface area contributed by atoms with Crippen molar-refractivity contribution in [3.05, 3.63) is 27.3 Å². The highest BCUT2D eigenvalue weighted by molar-refractivity contribution is 14.1. The Morgan fingerprint density at radius 1 is 1.50 bits per heavy atom. The second kappa shape index (κ2) is 4.31. The lowest BCUT2D eigenvalue weighted by Crippen LogP contribution is -1.94. The molecule has 0 saturated heterocycles. The Balaban J connectivity index is 2.84. The molecule has 0 aliphatic rings. The van der Waals surface area contributed by atoms with Crippen molar-refractivity contribution in [3.63, 3.8) is 0 Å². The van der Waals surface area contributed by atoms with Crippen molar-refractivity contribution in [2.75, 3.05) is 5.73 Å². The molecular formula is C9H9IN2. The highest BCUT2D eigenvalue weighted by Crippen LogP contribution is 2.16. The highest BCUT2D eigenvalue weighted by atomic mass is 127. The van der Waals surface area contributed by atoms with E-state index in [4.69, 9.17) is 11.0 Å². The number of halogens is 1. The lowest BCUT2D eigenvalue weighted by atomic mass is 10.1. The Bertz CT molecular complexity index is 315. The van der Waals surface area contributed by atoms with Gasteiger partial charge in [0.25, 0.3) is 0 Å². The molecule has 0 fully saturated rings. The third-order valence-electron chi connectivity index (χ3n) is 1.61. The minimum absolute atomic E-state index is 0.532. The molecule has 0 radical (unpaired) electrons. The van der Waals surface area contributed by atoms with Gasteiger partial charge in [-0.25, -0.2) is 0 Å². The highest BCUT2D eigenvalue weighted by Gasteiger charge is 1.98. The first-order chi connectivity index (χ1) is 5.74. The molecule has 0 spiro atoms. The van der Waals surface area contributed by atoms with Crippen LogP contribution in [0.3, 0.4) is 0 Å². The molecule has 0 atom stereocenters. The van der Waals surface area contributed by atoms with Gasteiger partial charge in [-0.2, -0.15) is 5.26 Å². The van der Waals surface area contributed by atoms with Gasteiger partial charge in [-0.3, -0.25) is 0 Å². The van der Waals surface area contributed by atoms with Crippen molar-refractivity contribution >= 4 is 28.3 Å². The summed E-state index contributed by atoms with van der Waals surface area (Å²) in [7, 11) is 0. The average molecular weight is 272 g/mol. The van der Waals surface area contributed by atoms with Gasteiger partial charge in [0.2, 0.25) is 0 Å². The number of nitriles is 1. The van der Waals surface area contributed by atoms with E-state index in [1.807, 2.05) is 18.2 Å². The average Bonchev–Trinajstić information content (AvgIpc) is 2.07. The van der Waals surface area contributed by atoms with Gasteiger partial charge in [0.05, 0.1) is 6.07 Å². The third-order valence-corrected chi connectivity index (χ3v) is 2.28. The topological polar surface area (TPSA) is 49.8 Å². The molecule has 1 rings (SSSR count). The van der Waals surface area contributed by atoms with Crippen molar-refractivity contribution < 1.29 is 0 Å². The van der Waals surface area contributed by atoms with Crippen molar-refractivity contribution in [3.8, 4) is 6.07 Å². The van der Waals surface area contributed by atoms with Crippen molar-refractivity contribution in [2.24, 2.45) is 0 Å². The van der Waals surface area contributed by atoms with E-state index in [0.29, 0.717) is 6.42 Å². The van der Waals surface area contributed by atoms with E-state index in [0.717, 1.165) is 21.2 Å². The van der Waals surface area contributed by atoms with E-state index in [1.165, 1.54) is 0 Å². The van der Waals surface area contributed by atoms with Crippen LogP contribution in [-0.4, -0.2) is 0 Å². The molecule has 1 aromatic rings. The SMILES string of the molecule is N#CCCc1cc(I)ccc1N. The number of anilines is 1. The monoisotopic (exact) mass is 272 g/mol. The van der Waals surface area contributed by atoms with Gasteiger partial charge < -0.3 is 5.73 Å². The number of hydrogen-bond acceptors (Lipinski definition) is 2. The largest absolute Gasteiger partial charge is 0.399 e. The van der Waals surface area contributed by atoms with Crippen LogP contribution in [0.15, 0.2) is 18.2 Å². The molecule has 62 valence electrons. The van der Waals surface area contributed by atoms with E-state index >= 15 is 0 Å². The number of nitrogen functional groups attached to an aromatic ring is 1. The maximum absolute atomic E-state index is 8.40. The summed E-state index contributed by atoms with van der Waals surface area (Å²) < 4.78 is 1.16. The third kappa shape index (κ3) is 2.38. The Kier molecular flexibility index (Phi) is 3.35. The maximum atomic E-state index is 8.40. The summed E-state index contributed by atoms with van der Waals surface area (Å²) in [4.78, 5) is 0. The molecule has 0 bridgehead atoms. The first-order valence-corrected chi connectivity index (χ1v) is 4.73. The lowest BCUT2D eigenvalue weighted by molar-refractivity contribution is 1.01. The first-order valence-electron chi connectivity index (χ1n) is 3.65. The molecule has 0 aliphatic carbocycles. The standard InChI is InChI=1S/C9H9IN2/c10-8-3-4-9(12)7(6-8)2-1-5-11/h3-4,6H,1-2,12H2. The summed E-state index contributed by atoms with van der Waals surface area (Å²) in [5, 5.41) is 8.40. The van der Waals surface area contributed by atoms with E-state index in [9.17, 15) is 0 Å². The number of hydrogen-bond donors (Lipinski definition) is 1. The number of rotatable bonds is 2. The van der Waals surface area contributed by atoms with Gasteiger partial charge in [-0.15, -0.1) is 0 Å². The van der Waals surface area contributed by atoms with Gasteiger partial charge in [-0.05, 0) is 52.8 Å². The minimum Gasteiger partial charge on any atom is -0.399 e. The summed E-state index contributed by atoms with van der Waals surface area (Å²) >= 11 is 2.24. The molecule has 12 heavy (non-hydrogen) atoms. The number of benzene rings is 1. The van der Waals surface area contributed by atoms with Gasteiger partial charge in [0.1, 0.15) is 0 Å². The number of aryl methyl sites for hydroxylation is 1. The van der Waals surface area contributed by atoms with Crippen LogP contribution in [-0.2, 0) is 6.42 Å². The number of nitrogens with zero attached hydrogens (tertiary/aromatic N) is 1. The van der Waals surface area contributed by atoms with E-state index in [2.05, 4.69) is 28.7 Å². The Labute approximate surface area is 85.5 Å². The molecule has 0 saturated carbocycles. The van der Waals surface area contributed by atoms with Crippen LogP contribution in [0.4, 0.5) is 5.69 Å². The quantitative estimate of drug-likeness (QED) is 0.663. The predicted molar refractivity (Wildman–Crippen MR) is 57.5 cm³/mol. The fraction of sp³-hybridized carbons (Fsp3) is 0.222. The Morgan fingerprint density at radius 3 is 2.92 bits per heavy atom. The van der Waals surface area contributed by atoms with Crippen LogP contribution in [0.5, 0.6) is 0 Å². The zero-order valence-corrected chi connectivity index (χ0v) is 8.71. The normalized spacial score (nSPS) is 9.33. The summed E-state index contributed by atoms with van der Waals surface area (Å²) in [6.45, 7) is 0. The summed E-state index contributed by atoms with van der Waals surface area (Å²) in [6.07, 6.45) is 1.28. The van der Waals surface area contributed by atoms with Crippen molar-refractivity contribution in [2.45, 2.75) is 12.8 Å². The van der Waals surface area contributed by atoms with E-state index in [-0.39, 0.29) is 0 Å². The van der Waals surface area contributed by atoms with Crippen LogP contribution in [0.25, 0.3) is 0 Å². The Morgan fingerprint density at radius 2 is 2.25 bits per heavy atom. The van der Waals surface area contributed by atoms with Crippen LogP contribution in [0.2, 0.25) is 0 Å². The van der Waals surface area contributed by atoms with Gasteiger partial charge >= 0.3 is 0 Å². The fourth-order valence-electron chi connectivity index (χ4n) is 0.981. The van der Waals surface area contributed by atoms with E-state index in [1.54, 1.807) is 0 Å². The summed E-state index contributed by atoms with van der Waals surface area (Å²) in [6, 6.07) is 7.97. The first kappa shape index (κ1) is 9.33. The zero-order valence-electron chi connectivity index (χ0n) is 6.55. The molecule has 0 unspecified atom stereocenters. The minimum atomic E-state index is 0.532. The van der Waals surface area contributed by atoms with Crippen LogP contribution >= 0.6 is 22.6 Å². The molecule has 0 aromatic heterocycles. The van der Waals surface area contributed by atoms with Gasteiger partial charge in [-0.1, -0.05) is 0 Å². The summed E-state index contributed by atoms with van der Waals surface area (Å²) in [5.41, 5.74) is 7.57. The second-order valence-electron chi connectivity index (χ2n) is 2.50. The lowest BCUT2D eigenvalue weighted by Gasteiger charge is -2.02. The van der Waals surface area contributed by atoms with Crippen LogP contribution in [0, 0.1) is 14.9 Å². The molecule has 3 heteroatoms. The smallest absolute Gasteiger partial charge is 0.0625 e. The summed E-state index contributed by atoms with van der Waals surface area (Å²) in [5.74, 6) is 0. The van der Waals surface area contributed by atoms with Crippen LogP contribution < -0.4 is 5.73 Å². The maximum Gasteiger partial charge on any atom is 0.0625 e. The molecule has 0 amide bonds. The van der Waals surface area contributed by atoms with Crippen LogP contribution in [0.1, 0.15) is 12.0 Å². The van der Waals surface area contributed by atoms with Crippen molar-refractivity contribution in [1.29, 1.82) is 5.26 Å². The molecule has 0 aliphatic heterocycles. The molecular weight excluding hydrogens is 263 g/mol. The Hall–Kier alpha value is -0.760. The molecule has 2 N–H and O–H groups in total. The molecule has 0 heterocycles. The van der Waals surface area contributed by atoms with Gasteiger partial charge in [0, 0.05) is 15.7 Å². The van der Waals surface area contributed by atoms with Crippen molar-refractivity contribution in [1.82, 2.24) is 0 Å². The predicted octanol–water partition coefficient (Wildman–Crippen LogP) is 2.33. The molecule has 1 aromatic carbocycles. The zero-order chi connectivity index (χ0) is 8.97. The molecule has 2 nitrogen and oxygen atoms in total. The van der Waals surface area contributed by atoms with Gasteiger partial charge in [0.15, 0.2) is 0 Å². The fourth-order valence-corrected chi connectivity index (χ4v) is 1.54.